The van der Waals surface area contributed by atoms with Crippen LogP contribution in [0, 0.1) is 0 Å². The Labute approximate surface area is 354 Å². The molecule has 2 heterocycles. The van der Waals surface area contributed by atoms with Gasteiger partial charge in [-0.25, -0.2) is 0 Å². The Morgan fingerprint density at radius 2 is 1.31 bits per heavy atom. The number of fused-ring (bicyclic) bond motifs is 4. The normalized spacial score (nSPS) is 13.2. The fraction of sp³-hybridized carbons (Fsp3) is 0.0545. The minimum absolute atomic E-state index is 0.765. The summed E-state index contributed by atoms with van der Waals surface area (Å²) in [7, 11) is 0. The lowest BCUT2D eigenvalue weighted by atomic mass is 10.00. The largest absolute Gasteiger partial charge is 0.338 e. The average molecular weight is 797 g/mol. The standard InChI is InChI=1S/C55H44N2S2/c1-39(28-29-40(2)57(47-19-8-5-9-20-47)52-25-16-24-51-50-23-11-13-27-54(50)59-55(51)52)42-30-32-43(33-31-42)44-34-36-46(37-35-44)56(45-17-6-4-7-18-45)38-15-14-21-48-41(3)58-53-26-12-10-22-49(48)53/h5-6,8-37H,1-4,7,38H2/b15-14-,29-28-,48-21+. The fourth-order valence-electron chi connectivity index (χ4n) is 7.81. The van der Waals surface area contributed by atoms with E-state index in [9.17, 15) is 0 Å². The summed E-state index contributed by atoms with van der Waals surface area (Å²) in [6.07, 6.45) is 19.8. The lowest BCUT2D eigenvalue weighted by Crippen LogP contribution is -2.22. The number of rotatable bonds is 12. The van der Waals surface area contributed by atoms with Crippen molar-refractivity contribution >= 4 is 88.2 Å². The summed E-state index contributed by atoms with van der Waals surface area (Å²) in [4.78, 5) is 4.63. The van der Waals surface area contributed by atoms with Crippen LogP contribution < -0.4 is 19.6 Å². The molecule has 9 rings (SSSR count). The predicted molar refractivity (Wildman–Crippen MR) is 261 cm³/mol. The van der Waals surface area contributed by atoms with Gasteiger partial charge in [0.2, 0.25) is 0 Å². The van der Waals surface area contributed by atoms with E-state index in [0.717, 1.165) is 57.7 Å². The molecule has 0 spiro atoms. The highest BCUT2D eigenvalue weighted by molar-refractivity contribution is 7.26. The summed E-state index contributed by atoms with van der Waals surface area (Å²) in [5.41, 5.74) is 9.78. The highest BCUT2D eigenvalue weighted by Crippen LogP contribution is 2.43. The van der Waals surface area contributed by atoms with Crippen molar-refractivity contribution in [2.24, 2.45) is 0 Å². The van der Waals surface area contributed by atoms with Gasteiger partial charge in [0.1, 0.15) is 0 Å². The number of hydrogen-bond acceptors (Lipinski definition) is 4. The van der Waals surface area contributed by atoms with Crippen LogP contribution in [0.25, 0.3) is 59.6 Å². The third-order valence-corrected chi connectivity index (χ3v) is 13.1. The molecule has 4 heteroatoms. The molecular weight excluding hydrogens is 753 g/mol. The Morgan fingerprint density at radius 3 is 2.05 bits per heavy atom. The van der Waals surface area contributed by atoms with Crippen LogP contribution in [0.1, 0.15) is 18.4 Å². The second-order valence-electron chi connectivity index (χ2n) is 14.6. The molecule has 0 amide bonds. The van der Waals surface area contributed by atoms with Crippen LogP contribution in [0.4, 0.5) is 17.1 Å². The summed E-state index contributed by atoms with van der Waals surface area (Å²) in [6.45, 7) is 14.1. The van der Waals surface area contributed by atoms with Crippen molar-refractivity contribution in [2.75, 3.05) is 16.3 Å². The van der Waals surface area contributed by atoms with Gasteiger partial charge in [-0.2, -0.15) is 0 Å². The van der Waals surface area contributed by atoms with Crippen molar-refractivity contribution in [3.63, 3.8) is 0 Å². The van der Waals surface area contributed by atoms with E-state index >= 15 is 0 Å². The van der Waals surface area contributed by atoms with E-state index in [4.69, 9.17) is 0 Å². The number of thiophene rings is 2. The molecule has 0 atom stereocenters. The number of hydrogen-bond donors (Lipinski definition) is 0. The summed E-state index contributed by atoms with van der Waals surface area (Å²) in [5.74, 6) is 0. The molecule has 0 saturated carbocycles. The first-order valence-electron chi connectivity index (χ1n) is 20.0. The monoisotopic (exact) mass is 796 g/mol. The van der Waals surface area contributed by atoms with Crippen LogP contribution in [0.3, 0.4) is 0 Å². The zero-order valence-electron chi connectivity index (χ0n) is 32.9. The summed E-state index contributed by atoms with van der Waals surface area (Å²) in [6, 6.07) is 51.8. The molecule has 0 aliphatic heterocycles. The third-order valence-electron chi connectivity index (χ3n) is 10.9. The van der Waals surface area contributed by atoms with Gasteiger partial charge in [0.15, 0.2) is 0 Å². The van der Waals surface area contributed by atoms with Gasteiger partial charge in [0.05, 0.1) is 10.4 Å². The number of anilines is 3. The molecular formula is C55H44N2S2. The minimum atomic E-state index is 0.765. The van der Waals surface area contributed by atoms with Crippen molar-refractivity contribution in [3.05, 3.63) is 228 Å². The summed E-state index contributed by atoms with van der Waals surface area (Å²) >= 11 is 3.57. The van der Waals surface area contributed by atoms with E-state index in [-0.39, 0.29) is 0 Å². The maximum absolute atomic E-state index is 4.57. The van der Waals surface area contributed by atoms with Gasteiger partial charge in [0.25, 0.3) is 0 Å². The lowest BCUT2D eigenvalue weighted by molar-refractivity contribution is 0.957. The van der Waals surface area contributed by atoms with Crippen LogP contribution >= 0.6 is 22.7 Å². The number of allylic oxidation sites excluding steroid dienone is 7. The van der Waals surface area contributed by atoms with Gasteiger partial charge < -0.3 is 9.80 Å². The van der Waals surface area contributed by atoms with E-state index < -0.39 is 0 Å². The van der Waals surface area contributed by atoms with E-state index in [2.05, 4.69) is 218 Å². The van der Waals surface area contributed by atoms with Gasteiger partial charge in [-0.1, -0.05) is 159 Å². The van der Waals surface area contributed by atoms with Gasteiger partial charge in [-0.15, -0.1) is 22.7 Å². The van der Waals surface area contributed by atoms with E-state index in [1.165, 1.54) is 52.4 Å². The van der Waals surface area contributed by atoms with Crippen LogP contribution in [-0.2, 0) is 0 Å². The molecule has 2 nitrogen and oxygen atoms in total. The zero-order valence-corrected chi connectivity index (χ0v) is 34.6. The Balaban J connectivity index is 0.915. The SMILES string of the molecule is C=C(/C=C\C(=C)N(c1ccccc1)c1cccc2c1sc1ccccc12)c1ccc(-c2ccc(N(C/C=C\C=c3/c(=C)sc4ccccc34)C3=CCCC=C3)cc2)cc1. The van der Waals surface area contributed by atoms with Crippen LogP contribution in [0.5, 0.6) is 0 Å². The maximum atomic E-state index is 4.57. The second-order valence-corrected chi connectivity index (χ2v) is 16.8. The summed E-state index contributed by atoms with van der Waals surface area (Å²) in [5, 5.41) is 5.01. The van der Waals surface area contributed by atoms with E-state index in [0.29, 0.717) is 0 Å². The third kappa shape index (κ3) is 7.93. The maximum Gasteiger partial charge on any atom is 0.0640 e. The Morgan fingerprint density at radius 1 is 0.627 bits per heavy atom. The molecule has 0 fully saturated rings. The molecule has 0 saturated heterocycles. The first-order chi connectivity index (χ1) is 29.0. The molecule has 2 aromatic heterocycles. The quantitative estimate of drug-likeness (QED) is 0.114. The minimum Gasteiger partial charge on any atom is -0.338 e. The Hall–Kier alpha value is -6.72. The molecule has 0 N–H and O–H groups in total. The van der Waals surface area contributed by atoms with E-state index in [1.807, 2.05) is 17.4 Å². The summed E-state index contributed by atoms with van der Waals surface area (Å²) < 4.78 is 4.90. The highest BCUT2D eigenvalue weighted by Gasteiger charge is 2.17. The van der Waals surface area contributed by atoms with Crippen molar-refractivity contribution in [1.82, 2.24) is 0 Å². The van der Waals surface area contributed by atoms with Crippen LogP contribution in [0.2, 0.25) is 0 Å². The van der Waals surface area contributed by atoms with Crippen LogP contribution in [0.15, 0.2) is 213 Å². The Kier molecular flexibility index (Phi) is 10.9. The average Bonchev–Trinajstić information content (AvgIpc) is 3.83. The molecule has 0 unspecified atom stereocenters. The molecule has 0 bridgehead atoms. The number of para-hydroxylation sites is 1. The van der Waals surface area contributed by atoms with Crippen molar-refractivity contribution in [2.45, 2.75) is 12.8 Å². The molecule has 8 aromatic rings. The lowest BCUT2D eigenvalue weighted by Gasteiger charge is -2.26. The van der Waals surface area contributed by atoms with Gasteiger partial charge in [-0.3, -0.25) is 0 Å². The molecule has 1 aliphatic carbocycles. The van der Waals surface area contributed by atoms with Crippen molar-refractivity contribution < 1.29 is 0 Å². The second kappa shape index (κ2) is 17.0. The molecule has 1 aliphatic rings. The molecule has 286 valence electrons. The molecule has 0 radical (unpaired) electrons. The van der Waals surface area contributed by atoms with Gasteiger partial charge in [0, 0.05) is 59.4 Å². The first kappa shape index (κ1) is 37.8. The Bertz CT molecular complexity index is 3070. The first-order valence-corrected chi connectivity index (χ1v) is 21.6. The number of nitrogens with zero attached hydrogens (tertiary/aromatic N) is 2. The smallest absolute Gasteiger partial charge is 0.0640 e. The van der Waals surface area contributed by atoms with Crippen molar-refractivity contribution in [3.8, 4) is 11.1 Å². The fourth-order valence-corrected chi connectivity index (χ4v) is 10.0. The molecule has 59 heavy (non-hydrogen) atoms. The highest BCUT2D eigenvalue weighted by atomic mass is 32.1. The topological polar surface area (TPSA) is 6.48 Å². The van der Waals surface area contributed by atoms with Gasteiger partial charge in [-0.05, 0) is 94.9 Å². The number of benzene rings is 6. The van der Waals surface area contributed by atoms with Crippen molar-refractivity contribution in [1.29, 1.82) is 0 Å². The molecule has 6 aromatic carbocycles. The van der Waals surface area contributed by atoms with Crippen LogP contribution in [-0.4, -0.2) is 6.54 Å². The zero-order chi connectivity index (χ0) is 40.1. The van der Waals surface area contributed by atoms with E-state index in [1.54, 1.807) is 11.3 Å². The predicted octanol–water partition coefficient (Wildman–Crippen LogP) is 14.3. The van der Waals surface area contributed by atoms with Gasteiger partial charge >= 0.3 is 0 Å².